The molecule has 2 aromatic rings. The maximum absolute atomic E-state index is 13.2. The van der Waals surface area contributed by atoms with Gasteiger partial charge in [0.1, 0.15) is 5.82 Å². The van der Waals surface area contributed by atoms with E-state index in [1.165, 1.54) is 6.07 Å². The Bertz CT molecular complexity index is 420. The molecule has 0 saturated heterocycles. The third kappa shape index (κ3) is 1.31. The van der Waals surface area contributed by atoms with Gasteiger partial charge in [0.2, 0.25) is 0 Å². The maximum Gasteiger partial charge on any atom is 0.147 e. The van der Waals surface area contributed by atoms with Crippen LogP contribution in [0.4, 0.5) is 4.39 Å². The van der Waals surface area contributed by atoms with Crippen LogP contribution in [0.25, 0.3) is 10.9 Å². The lowest BCUT2D eigenvalue weighted by molar-refractivity contribution is 0.637. The van der Waals surface area contributed by atoms with Gasteiger partial charge < -0.3 is 10.7 Å². The molecule has 1 aromatic heterocycles. The fourth-order valence-corrected chi connectivity index (χ4v) is 1.55. The molecule has 0 unspecified atom stereocenters. The van der Waals surface area contributed by atoms with Gasteiger partial charge in [-0.1, -0.05) is 6.07 Å². The fraction of sp³-hybridized carbons (Fsp3) is 0.200. The number of nitrogens with one attached hydrogen (secondary N) is 1. The molecule has 1 heterocycles. The lowest BCUT2D eigenvalue weighted by atomic mass is 10.1. The molecule has 13 heavy (non-hydrogen) atoms. The summed E-state index contributed by atoms with van der Waals surface area (Å²) in [5.41, 5.74) is 7.13. The average molecular weight is 178 g/mol. The first-order valence-corrected chi connectivity index (χ1v) is 4.27. The molecule has 0 radical (unpaired) electrons. The molecule has 0 amide bonds. The van der Waals surface area contributed by atoms with Gasteiger partial charge in [0.15, 0.2) is 0 Å². The molecule has 0 aliphatic heterocycles. The maximum atomic E-state index is 13.2. The molecule has 1 aromatic carbocycles. The van der Waals surface area contributed by atoms with Crippen molar-refractivity contribution in [2.24, 2.45) is 5.73 Å². The number of nitrogens with two attached hydrogens (primary N) is 1. The lowest BCUT2D eigenvalue weighted by Crippen LogP contribution is -2.03. The molecule has 0 aliphatic rings. The number of benzene rings is 1. The number of halogens is 1. The molecular weight excluding hydrogens is 167 g/mol. The second kappa shape index (κ2) is 3.18. The molecule has 2 nitrogen and oxygen atoms in total. The molecule has 0 bridgehead atoms. The Morgan fingerprint density at radius 1 is 1.31 bits per heavy atom. The van der Waals surface area contributed by atoms with Gasteiger partial charge in [-0.3, -0.25) is 0 Å². The highest BCUT2D eigenvalue weighted by atomic mass is 19.1. The van der Waals surface area contributed by atoms with Gasteiger partial charge in [-0.15, -0.1) is 0 Å². The Labute approximate surface area is 75.6 Å². The molecular formula is C10H11FN2. The second-order valence-electron chi connectivity index (χ2n) is 3.01. The molecule has 0 atom stereocenters. The van der Waals surface area contributed by atoms with Gasteiger partial charge in [-0.2, -0.15) is 0 Å². The molecule has 0 saturated carbocycles. The zero-order valence-electron chi connectivity index (χ0n) is 7.18. The summed E-state index contributed by atoms with van der Waals surface area (Å²) in [5.74, 6) is -0.208. The smallest absolute Gasteiger partial charge is 0.147 e. The summed E-state index contributed by atoms with van der Waals surface area (Å²) in [5, 5.41) is 0.936. The fourth-order valence-electron chi connectivity index (χ4n) is 1.55. The highest BCUT2D eigenvalue weighted by Crippen LogP contribution is 2.20. The van der Waals surface area contributed by atoms with Crippen LogP contribution >= 0.6 is 0 Å². The summed E-state index contributed by atoms with van der Waals surface area (Å²) in [7, 11) is 0. The standard InChI is InChI=1S/C10H11FN2/c11-9-2-1-7(3-5-12)8-4-6-13-10(8)9/h1-2,4,6,13H,3,5,12H2. The molecule has 68 valence electrons. The first-order valence-electron chi connectivity index (χ1n) is 4.27. The van der Waals surface area contributed by atoms with Gasteiger partial charge in [0.05, 0.1) is 5.52 Å². The Hall–Kier alpha value is -1.35. The van der Waals surface area contributed by atoms with Crippen molar-refractivity contribution in [1.82, 2.24) is 4.98 Å². The first-order chi connectivity index (χ1) is 6.33. The van der Waals surface area contributed by atoms with Crippen LogP contribution in [0.3, 0.4) is 0 Å². The summed E-state index contributed by atoms with van der Waals surface area (Å²) in [4.78, 5) is 2.87. The van der Waals surface area contributed by atoms with E-state index >= 15 is 0 Å². The summed E-state index contributed by atoms with van der Waals surface area (Å²) >= 11 is 0. The van der Waals surface area contributed by atoms with Crippen molar-refractivity contribution in [3.63, 3.8) is 0 Å². The lowest BCUT2D eigenvalue weighted by Gasteiger charge is -2.01. The van der Waals surface area contributed by atoms with Crippen molar-refractivity contribution in [3.8, 4) is 0 Å². The average Bonchev–Trinajstić information content (AvgIpc) is 2.59. The summed E-state index contributed by atoms with van der Waals surface area (Å²) in [6, 6.07) is 5.14. The van der Waals surface area contributed by atoms with E-state index in [2.05, 4.69) is 4.98 Å². The Balaban J connectivity index is 2.64. The van der Waals surface area contributed by atoms with Gasteiger partial charge in [0, 0.05) is 11.6 Å². The minimum Gasteiger partial charge on any atom is -0.359 e. The van der Waals surface area contributed by atoms with Gasteiger partial charge >= 0.3 is 0 Å². The van der Waals surface area contributed by atoms with Gasteiger partial charge in [0.25, 0.3) is 0 Å². The monoisotopic (exact) mass is 178 g/mol. The summed E-state index contributed by atoms with van der Waals surface area (Å²) in [6.45, 7) is 0.589. The molecule has 3 heteroatoms. The second-order valence-corrected chi connectivity index (χ2v) is 3.01. The van der Waals surface area contributed by atoms with E-state index in [1.807, 2.05) is 6.07 Å². The van der Waals surface area contributed by atoms with Crippen LogP contribution in [0, 0.1) is 5.82 Å². The van der Waals surface area contributed by atoms with Crippen LogP contribution in [-0.4, -0.2) is 11.5 Å². The Morgan fingerprint density at radius 3 is 2.92 bits per heavy atom. The number of fused-ring (bicyclic) bond motifs is 1. The number of aromatic amines is 1. The van der Waals surface area contributed by atoms with E-state index in [1.54, 1.807) is 12.3 Å². The Kier molecular flexibility index (Phi) is 2.02. The van der Waals surface area contributed by atoms with Crippen molar-refractivity contribution in [2.75, 3.05) is 6.54 Å². The first kappa shape index (κ1) is 8.26. The molecule has 0 spiro atoms. The highest BCUT2D eigenvalue weighted by molar-refractivity contribution is 5.83. The van der Waals surface area contributed by atoms with E-state index in [4.69, 9.17) is 5.73 Å². The van der Waals surface area contributed by atoms with Crippen LogP contribution in [0.15, 0.2) is 24.4 Å². The largest absolute Gasteiger partial charge is 0.359 e. The van der Waals surface area contributed by atoms with Crippen LogP contribution in [0.5, 0.6) is 0 Å². The van der Waals surface area contributed by atoms with Crippen molar-refractivity contribution >= 4 is 10.9 Å². The topological polar surface area (TPSA) is 41.8 Å². The molecule has 2 rings (SSSR count). The predicted octanol–water partition coefficient (Wildman–Crippen LogP) is 1.81. The number of hydrogen-bond donors (Lipinski definition) is 2. The third-order valence-electron chi connectivity index (χ3n) is 2.18. The van der Waals surface area contributed by atoms with Gasteiger partial charge in [-0.05, 0) is 30.7 Å². The number of hydrogen-bond acceptors (Lipinski definition) is 1. The number of rotatable bonds is 2. The van der Waals surface area contributed by atoms with E-state index in [9.17, 15) is 4.39 Å². The summed E-state index contributed by atoms with van der Waals surface area (Å²) < 4.78 is 13.2. The van der Waals surface area contributed by atoms with Crippen molar-refractivity contribution in [2.45, 2.75) is 6.42 Å². The van der Waals surface area contributed by atoms with E-state index in [-0.39, 0.29) is 5.82 Å². The van der Waals surface area contributed by atoms with Gasteiger partial charge in [-0.25, -0.2) is 4.39 Å². The van der Waals surface area contributed by atoms with E-state index in [0.29, 0.717) is 12.1 Å². The van der Waals surface area contributed by atoms with Crippen LogP contribution < -0.4 is 5.73 Å². The van der Waals surface area contributed by atoms with Crippen LogP contribution in [0.1, 0.15) is 5.56 Å². The predicted molar refractivity (Wildman–Crippen MR) is 51.0 cm³/mol. The molecule has 0 aliphatic carbocycles. The third-order valence-corrected chi connectivity index (χ3v) is 2.18. The van der Waals surface area contributed by atoms with Crippen molar-refractivity contribution in [1.29, 1.82) is 0 Å². The highest BCUT2D eigenvalue weighted by Gasteiger charge is 2.05. The minimum absolute atomic E-state index is 0.208. The Morgan fingerprint density at radius 2 is 2.15 bits per heavy atom. The van der Waals surface area contributed by atoms with Crippen LogP contribution in [-0.2, 0) is 6.42 Å². The molecule has 0 fully saturated rings. The van der Waals surface area contributed by atoms with Crippen LogP contribution in [0.2, 0.25) is 0 Å². The zero-order chi connectivity index (χ0) is 9.26. The van der Waals surface area contributed by atoms with E-state index < -0.39 is 0 Å². The SMILES string of the molecule is NCCc1ccc(F)c2[nH]ccc12. The van der Waals surface area contributed by atoms with Crippen molar-refractivity contribution < 1.29 is 4.39 Å². The quantitative estimate of drug-likeness (QED) is 0.723. The molecule has 3 N–H and O–H groups in total. The zero-order valence-corrected chi connectivity index (χ0v) is 7.18. The van der Waals surface area contributed by atoms with Crippen molar-refractivity contribution in [3.05, 3.63) is 35.8 Å². The minimum atomic E-state index is -0.208. The van der Waals surface area contributed by atoms with E-state index in [0.717, 1.165) is 17.4 Å². The normalized spacial score (nSPS) is 10.9. The number of H-pyrrole nitrogens is 1. The summed E-state index contributed by atoms with van der Waals surface area (Å²) in [6.07, 6.45) is 2.53. The number of aromatic nitrogens is 1.